The van der Waals surface area contributed by atoms with Crippen LogP contribution in [0.25, 0.3) is 0 Å². The van der Waals surface area contributed by atoms with E-state index in [-0.39, 0.29) is 0 Å². The van der Waals surface area contributed by atoms with Crippen molar-refractivity contribution in [3.05, 3.63) is 71.3 Å². The normalized spacial score (nSPS) is 20.3. The summed E-state index contributed by atoms with van der Waals surface area (Å²) in [6.07, 6.45) is 0.375. The molecule has 3 rings (SSSR count). The molecule has 1 aliphatic rings. The van der Waals surface area contributed by atoms with Crippen LogP contribution in [-0.4, -0.2) is 16.9 Å². The average Bonchev–Trinajstić information content (AvgIpc) is 2.83. The van der Waals surface area contributed by atoms with E-state index >= 15 is 0 Å². The van der Waals surface area contributed by atoms with Gasteiger partial charge in [0.1, 0.15) is 4.87 Å². The van der Waals surface area contributed by atoms with E-state index in [9.17, 15) is 14.4 Å². The molecule has 1 aliphatic heterocycles. The standard InChI is InChI=1S/C17H14N2O3S/c18-14(20)12-8-4-5-9-13(12)17(19-15(21)16(22)23-17)10-11-6-2-1-3-7-11/h1-9H,10H2,(H2,18,20)(H,19,21). The summed E-state index contributed by atoms with van der Waals surface area (Å²) in [7, 11) is 0. The molecule has 1 heterocycles. The van der Waals surface area contributed by atoms with Gasteiger partial charge < -0.3 is 11.1 Å². The first-order valence-electron chi connectivity index (χ1n) is 7.00. The van der Waals surface area contributed by atoms with Crippen LogP contribution in [0.4, 0.5) is 0 Å². The molecule has 1 atom stereocenters. The highest BCUT2D eigenvalue weighted by Gasteiger charge is 2.47. The summed E-state index contributed by atoms with van der Waals surface area (Å²) in [5.74, 6) is -1.26. The highest BCUT2D eigenvalue weighted by molar-refractivity contribution is 8.16. The molecular weight excluding hydrogens is 312 g/mol. The van der Waals surface area contributed by atoms with Crippen LogP contribution in [0, 0.1) is 0 Å². The van der Waals surface area contributed by atoms with Gasteiger partial charge in [-0.2, -0.15) is 0 Å². The average molecular weight is 326 g/mol. The minimum absolute atomic E-state index is 0.297. The molecule has 3 N–H and O–H groups in total. The number of carbonyl (C=O) groups is 3. The van der Waals surface area contributed by atoms with Crippen LogP contribution in [-0.2, 0) is 20.9 Å². The monoisotopic (exact) mass is 326 g/mol. The van der Waals surface area contributed by atoms with E-state index in [1.807, 2.05) is 30.3 Å². The predicted molar refractivity (Wildman–Crippen MR) is 87.5 cm³/mol. The smallest absolute Gasteiger partial charge is 0.300 e. The maximum absolute atomic E-state index is 11.9. The first-order chi connectivity index (χ1) is 11.0. The summed E-state index contributed by atoms with van der Waals surface area (Å²) >= 11 is 0.893. The quantitative estimate of drug-likeness (QED) is 0.835. The first-order valence-corrected chi connectivity index (χ1v) is 7.82. The maximum Gasteiger partial charge on any atom is 0.300 e. The van der Waals surface area contributed by atoms with Crippen LogP contribution in [0.15, 0.2) is 54.6 Å². The number of thioether (sulfide) groups is 1. The van der Waals surface area contributed by atoms with Gasteiger partial charge in [0.05, 0.1) is 0 Å². The van der Waals surface area contributed by atoms with Crippen molar-refractivity contribution in [2.75, 3.05) is 0 Å². The lowest BCUT2D eigenvalue weighted by atomic mass is 9.93. The van der Waals surface area contributed by atoms with E-state index < -0.39 is 21.8 Å². The second-order valence-electron chi connectivity index (χ2n) is 5.24. The summed E-state index contributed by atoms with van der Waals surface area (Å²) in [5.41, 5.74) is 7.24. The first kappa shape index (κ1) is 15.3. The number of carbonyl (C=O) groups excluding carboxylic acids is 3. The van der Waals surface area contributed by atoms with Gasteiger partial charge >= 0.3 is 0 Å². The largest absolute Gasteiger partial charge is 0.366 e. The Morgan fingerprint density at radius 2 is 1.70 bits per heavy atom. The fraction of sp³-hybridized carbons (Fsp3) is 0.118. The molecule has 0 bridgehead atoms. The van der Waals surface area contributed by atoms with Crippen LogP contribution in [0.3, 0.4) is 0 Å². The number of primary amides is 1. The summed E-state index contributed by atoms with van der Waals surface area (Å²) < 4.78 is 0. The molecule has 6 heteroatoms. The Balaban J connectivity index is 2.12. The minimum Gasteiger partial charge on any atom is -0.366 e. The van der Waals surface area contributed by atoms with Gasteiger partial charge in [0.2, 0.25) is 5.91 Å². The van der Waals surface area contributed by atoms with E-state index in [1.54, 1.807) is 24.3 Å². The van der Waals surface area contributed by atoms with Crippen molar-refractivity contribution < 1.29 is 14.4 Å². The Hall–Kier alpha value is -2.60. The summed E-state index contributed by atoms with van der Waals surface area (Å²) in [5, 5.41) is 2.17. The van der Waals surface area contributed by atoms with E-state index in [0.29, 0.717) is 17.5 Å². The molecule has 0 aromatic heterocycles. The molecular formula is C17H14N2O3S. The van der Waals surface area contributed by atoms with E-state index in [1.165, 1.54) is 0 Å². The molecule has 0 spiro atoms. The highest BCUT2D eigenvalue weighted by Crippen LogP contribution is 2.43. The Kier molecular flexibility index (Phi) is 3.92. The van der Waals surface area contributed by atoms with Gasteiger partial charge in [0.25, 0.3) is 11.0 Å². The topological polar surface area (TPSA) is 89.3 Å². The second-order valence-corrected chi connectivity index (χ2v) is 6.51. The molecule has 1 saturated heterocycles. The molecule has 5 nitrogen and oxygen atoms in total. The zero-order valence-corrected chi connectivity index (χ0v) is 12.9. The lowest BCUT2D eigenvalue weighted by Gasteiger charge is -2.29. The van der Waals surface area contributed by atoms with Crippen molar-refractivity contribution in [2.45, 2.75) is 11.3 Å². The molecule has 0 radical (unpaired) electrons. The number of hydrogen-bond acceptors (Lipinski definition) is 4. The van der Waals surface area contributed by atoms with Gasteiger partial charge in [0, 0.05) is 17.5 Å². The summed E-state index contributed by atoms with van der Waals surface area (Å²) in [4.78, 5) is 34.4. The third-order valence-electron chi connectivity index (χ3n) is 3.69. The third-order valence-corrected chi connectivity index (χ3v) is 4.88. The third kappa shape index (κ3) is 2.85. The van der Waals surface area contributed by atoms with Crippen LogP contribution >= 0.6 is 11.8 Å². The molecule has 2 aromatic carbocycles. The van der Waals surface area contributed by atoms with Crippen LogP contribution in [0.1, 0.15) is 21.5 Å². The van der Waals surface area contributed by atoms with Gasteiger partial charge in [-0.05, 0) is 23.4 Å². The molecule has 2 amide bonds. The van der Waals surface area contributed by atoms with Gasteiger partial charge in [-0.15, -0.1) is 0 Å². The summed E-state index contributed by atoms with van der Waals surface area (Å²) in [6, 6.07) is 16.2. The number of nitrogens with one attached hydrogen (secondary N) is 1. The molecule has 1 unspecified atom stereocenters. The molecule has 1 fully saturated rings. The molecule has 2 aromatic rings. The van der Waals surface area contributed by atoms with E-state index in [4.69, 9.17) is 5.73 Å². The Morgan fingerprint density at radius 3 is 2.30 bits per heavy atom. The fourth-order valence-corrected chi connectivity index (χ4v) is 3.83. The van der Waals surface area contributed by atoms with Crippen molar-refractivity contribution in [1.82, 2.24) is 5.32 Å². The van der Waals surface area contributed by atoms with Crippen molar-refractivity contribution in [1.29, 1.82) is 0 Å². The number of hydrogen-bond donors (Lipinski definition) is 2. The number of nitrogens with two attached hydrogens (primary N) is 1. The molecule has 116 valence electrons. The molecule has 0 aliphatic carbocycles. The van der Waals surface area contributed by atoms with Crippen molar-refractivity contribution in [3.8, 4) is 0 Å². The van der Waals surface area contributed by atoms with Crippen molar-refractivity contribution in [2.24, 2.45) is 5.73 Å². The van der Waals surface area contributed by atoms with Crippen LogP contribution in [0.2, 0.25) is 0 Å². The van der Waals surface area contributed by atoms with Crippen LogP contribution < -0.4 is 11.1 Å². The number of amides is 2. The Morgan fingerprint density at radius 1 is 1.04 bits per heavy atom. The lowest BCUT2D eigenvalue weighted by Crippen LogP contribution is -2.40. The number of rotatable bonds is 4. The maximum atomic E-state index is 11.9. The lowest BCUT2D eigenvalue weighted by molar-refractivity contribution is -0.132. The Bertz CT molecular complexity index is 773. The molecule has 0 saturated carbocycles. The predicted octanol–water partition coefficient (Wildman–Crippen LogP) is 1.57. The van der Waals surface area contributed by atoms with E-state index in [2.05, 4.69) is 5.32 Å². The zero-order chi connectivity index (χ0) is 16.4. The van der Waals surface area contributed by atoms with Crippen molar-refractivity contribution >= 4 is 28.7 Å². The Labute approximate surface area is 137 Å². The van der Waals surface area contributed by atoms with Gasteiger partial charge in [-0.1, -0.05) is 48.5 Å². The van der Waals surface area contributed by atoms with Crippen LogP contribution in [0.5, 0.6) is 0 Å². The second kappa shape index (κ2) is 5.89. The van der Waals surface area contributed by atoms with Gasteiger partial charge in [-0.25, -0.2) is 0 Å². The van der Waals surface area contributed by atoms with E-state index in [0.717, 1.165) is 17.3 Å². The fourth-order valence-electron chi connectivity index (χ4n) is 2.70. The molecule has 23 heavy (non-hydrogen) atoms. The van der Waals surface area contributed by atoms with Gasteiger partial charge in [0.15, 0.2) is 0 Å². The zero-order valence-electron chi connectivity index (χ0n) is 12.1. The number of benzene rings is 2. The highest BCUT2D eigenvalue weighted by atomic mass is 32.2. The summed E-state index contributed by atoms with van der Waals surface area (Å²) in [6.45, 7) is 0. The SMILES string of the molecule is NC(=O)c1ccccc1C1(Cc2ccccc2)NC(=O)C(=O)S1. The van der Waals surface area contributed by atoms with Gasteiger partial charge in [-0.3, -0.25) is 14.4 Å². The van der Waals surface area contributed by atoms with Crippen molar-refractivity contribution in [3.63, 3.8) is 0 Å². The minimum atomic E-state index is -1.03.